The van der Waals surface area contributed by atoms with Crippen LogP contribution in [0, 0.1) is 18.7 Å². The molecular formula is C28H33FN6O. The lowest BCUT2D eigenvalue weighted by atomic mass is 9.99. The molecule has 0 spiro atoms. The van der Waals surface area contributed by atoms with E-state index in [0.29, 0.717) is 24.7 Å². The van der Waals surface area contributed by atoms with Crippen LogP contribution in [0.4, 0.5) is 4.39 Å². The number of aromatic nitrogens is 5. The molecule has 1 saturated carbocycles. The van der Waals surface area contributed by atoms with E-state index >= 15 is 0 Å². The van der Waals surface area contributed by atoms with Crippen LogP contribution in [0.5, 0.6) is 0 Å². The number of aromatic amines is 1. The highest BCUT2D eigenvalue weighted by Gasteiger charge is 2.32. The van der Waals surface area contributed by atoms with Gasteiger partial charge in [0, 0.05) is 24.2 Å². The molecule has 4 aromatic rings. The molecule has 188 valence electrons. The molecule has 2 heterocycles. The Morgan fingerprint density at radius 2 is 1.83 bits per heavy atom. The molecule has 2 aromatic heterocycles. The molecule has 1 atom stereocenters. The van der Waals surface area contributed by atoms with Crippen molar-refractivity contribution in [2.45, 2.75) is 71.6 Å². The highest BCUT2D eigenvalue weighted by molar-refractivity contribution is 5.79. The van der Waals surface area contributed by atoms with Crippen molar-refractivity contribution in [2.75, 3.05) is 0 Å². The fraction of sp³-hybridized carbons (Fsp3) is 0.429. The average molecular weight is 489 g/mol. The third-order valence-corrected chi connectivity index (χ3v) is 7.23. The molecule has 0 bridgehead atoms. The molecule has 36 heavy (non-hydrogen) atoms. The highest BCUT2D eigenvalue weighted by atomic mass is 19.1. The van der Waals surface area contributed by atoms with Crippen molar-refractivity contribution in [2.24, 2.45) is 5.92 Å². The third kappa shape index (κ3) is 5.09. The maximum Gasteiger partial charge on any atom is 0.252 e. The minimum absolute atomic E-state index is 0.103. The molecule has 1 aliphatic carbocycles. The quantitative estimate of drug-likeness (QED) is 0.355. The second kappa shape index (κ2) is 10.3. The number of H-pyrrole nitrogens is 1. The smallest absolute Gasteiger partial charge is 0.252 e. The maximum absolute atomic E-state index is 13.7. The van der Waals surface area contributed by atoms with Gasteiger partial charge in [-0.3, -0.25) is 9.69 Å². The Hall–Kier alpha value is -3.39. The number of tetrazole rings is 1. The van der Waals surface area contributed by atoms with Crippen molar-refractivity contribution in [3.05, 3.63) is 87.2 Å². The fourth-order valence-electron chi connectivity index (χ4n) is 5.47. The minimum Gasteiger partial charge on any atom is -0.322 e. The Morgan fingerprint density at radius 3 is 2.56 bits per heavy atom. The van der Waals surface area contributed by atoms with Crippen molar-refractivity contribution < 1.29 is 4.39 Å². The largest absolute Gasteiger partial charge is 0.322 e. The van der Waals surface area contributed by atoms with Gasteiger partial charge in [-0.2, -0.15) is 0 Å². The summed E-state index contributed by atoms with van der Waals surface area (Å²) in [4.78, 5) is 18.4. The van der Waals surface area contributed by atoms with Crippen LogP contribution in [0.15, 0.2) is 53.3 Å². The van der Waals surface area contributed by atoms with Gasteiger partial charge in [-0.1, -0.05) is 50.5 Å². The number of nitrogens with one attached hydrogen (secondary N) is 1. The third-order valence-electron chi connectivity index (χ3n) is 7.23. The standard InChI is InChI=1S/C28H33FN6O/c1-18(2)26(27-31-32-33-35(27)24-6-4-5-7-24)34(16-20-9-11-23(29)12-10-20)17-22-15-21-14-19(3)8-13-25(21)30-28(22)36/h8-15,18,24,26H,4-7,16-17H2,1-3H3,(H,30,36). The van der Waals surface area contributed by atoms with Gasteiger partial charge in [0.15, 0.2) is 5.82 Å². The Bertz CT molecular complexity index is 1390. The number of hydrogen-bond acceptors (Lipinski definition) is 5. The summed E-state index contributed by atoms with van der Waals surface area (Å²) in [5.41, 5.74) is 3.51. The van der Waals surface area contributed by atoms with Crippen molar-refractivity contribution in [1.29, 1.82) is 0 Å². The highest BCUT2D eigenvalue weighted by Crippen LogP contribution is 2.35. The topological polar surface area (TPSA) is 79.7 Å². The Balaban J connectivity index is 1.56. The molecule has 1 fully saturated rings. The van der Waals surface area contributed by atoms with E-state index in [9.17, 15) is 9.18 Å². The number of hydrogen-bond donors (Lipinski definition) is 1. The number of rotatable bonds is 8. The molecule has 1 aliphatic rings. The van der Waals surface area contributed by atoms with Gasteiger partial charge in [0.05, 0.1) is 12.1 Å². The summed E-state index contributed by atoms with van der Waals surface area (Å²) in [6, 6.07) is 14.7. The van der Waals surface area contributed by atoms with E-state index < -0.39 is 0 Å². The zero-order chi connectivity index (χ0) is 25.2. The second-order valence-electron chi connectivity index (χ2n) is 10.4. The Labute approximate surface area is 210 Å². The van der Waals surface area contributed by atoms with E-state index in [1.807, 2.05) is 29.8 Å². The molecule has 8 heteroatoms. The lowest BCUT2D eigenvalue weighted by Crippen LogP contribution is -2.35. The van der Waals surface area contributed by atoms with Crippen LogP contribution in [-0.2, 0) is 13.1 Å². The first-order valence-electron chi connectivity index (χ1n) is 12.8. The number of pyridine rings is 1. The molecule has 0 radical (unpaired) electrons. The minimum atomic E-state index is -0.266. The van der Waals surface area contributed by atoms with Crippen LogP contribution in [0.2, 0.25) is 0 Å². The molecule has 1 unspecified atom stereocenters. The average Bonchev–Trinajstić information content (AvgIpc) is 3.53. The molecular weight excluding hydrogens is 455 g/mol. The van der Waals surface area contributed by atoms with E-state index in [1.165, 1.54) is 25.0 Å². The van der Waals surface area contributed by atoms with Crippen LogP contribution in [-0.4, -0.2) is 30.1 Å². The van der Waals surface area contributed by atoms with Crippen LogP contribution >= 0.6 is 0 Å². The SMILES string of the molecule is Cc1ccc2[nH]c(=O)c(CN(Cc3ccc(F)cc3)C(c3nnnn3C3CCCC3)C(C)C)cc2c1. The molecule has 1 N–H and O–H groups in total. The van der Waals surface area contributed by atoms with Crippen molar-refractivity contribution in [3.8, 4) is 0 Å². The first-order chi connectivity index (χ1) is 17.4. The molecule has 0 saturated heterocycles. The first kappa shape index (κ1) is 24.3. The number of benzene rings is 2. The summed E-state index contributed by atoms with van der Waals surface area (Å²) in [6.07, 6.45) is 4.51. The van der Waals surface area contributed by atoms with Gasteiger partial charge in [0.2, 0.25) is 0 Å². The fourth-order valence-corrected chi connectivity index (χ4v) is 5.47. The van der Waals surface area contributed by atoms with Crippen LogP contribution in [0.25, 0.3) is 10.9 Å². The Kier molecular flexibility index (Phi) is 6.96. The zero-order valence-electron chi connectivity index (χ0n) is 21.1. The Morgan fingerprint density at radius 1 is 1.08 bits per heavy atom. The van der Waals surface area contributed by atoms with E-state index in [4.69, 9.17) is 0 Å². The summed E-state index contributed by atoms with van der Waals surface area (Å²) in [6.45, 7) is 7.31. The van der Waals surface area contributed by atoms with E-state index in [-0.39, 0.29) is 23.3 Å². The monoisotopic (exact) mass is 488 g/mol. The van der Waals surface area contributed by atoms with Gasteiger partial charge < -0.3 is 4.98 Å². The predicted molar refractivity (Wildman–Crippen MR) is 138 cm³/mol. The number of aryl methyl sites for hydroxylation is 1. The number of nitrogens with zero attached hydrogens (tertiary/aromatic N) is 5. The van der Waals surface area contributed by atoms with Crippen molar-refractivity contribution in [1.82, 2.24) is 30.1 Å². The van der Waals surface area contributed by atoms with Crippen LogP contribution in [0.1, 0.15) is 74.1 Å². The van der Waals surface area contributed by atoms with Crippen molar-refractivity contribution >= 4 is 10.9 Å². The van der Waals surface area contributed by atoms with E-state index in [0.717, 1.165) is 40.7 Å². The summed E-state index contributed by atoms with van der Waals surface area (Å²) in [5.74, 6) is 0.739. The number of fused-ring (bicyclic) bond motifs is 1. The molecule has 5 rings (SSSR count). The van der Waals surface area contributed by atoms with Crippen molar-refractivity contribution in [3.63, 3.8) is 0 Å². The number of halogens is 1. The zero-order valence-corrected chi connectivity index (χ0v) is 21.1. The van der Waals surface area contributed by atoms with E-state index in [1.54, 1.807) is 12.1 Å². The van der Waals surface area contributed by atoms with Gasteiger partial charge >= 0.3 is 0 Å². The van der Waals surface area contributed by atoms with Gasteiger partial charge in [-0.05, 0) is 77.4 Å². The van der Waals surface area contributed by atoms with Crippen LogP contribution in [0.3, 0.4) is 0 Å². The second-order valence-corrected chi connectivity index (χ2v) is 10.4. The summed E-state index contributed by atoms with van der Waals surface area (Å²) < 4.78 is 15.7. The molecule has 2 aromatic carbocycles. The normalized spacial score (nSPS) is 15.4. The van der Waals surface area contributed by atoms with Crippen LogP contribution < -0.4 is 5.56 Å². The summed E-state index contributed by atoms with van der Waals surface area (Å²) in [5, 5.41) is 14.0. The molecule has 0 aliphatic heterocycles. The van der Waals surface area contributed by atoms with Gasteiger partial charge in [0.1, 0.15) is 5.82 Å². The lowest BCUT2D eigenvalue weighted by molar-refractivity contribution is 0.123. The van der Waals surface area contributed by atoms with Gasteiger partial charge in [-0.25, -0.2) is 9.07 Å². The summed E-state index contributed by atoms with van der Waals surface area (Å²) >= 11 is 0. The van der Waals surface area contributed by atoms with E-state index in [2.05, 4.69) is 45.3 Å². The molecule has 7 nitrogen and oxygen atoms in total. The van der Waals surface area contributed by atoms with Gasteiger partial charge in [-0.15, -0.1) is 5.10 Å². The first-order valence-corrected chi connectivity index (χ1v) is 12.8. The lowest BCUT2D eigenvalue weighted by Gasteiger charge is -2.34. The maximum atomic E-state index is 13.7. The molecule has 0 amide bonds. The van der Waals surface area contributed by atoms with Gasteiger partial charge in [0.25, 0.3) is 5.56 Å². The predicted octanol–water partition coefficient (Wildman–Crippen LogP) is 5.48. The summed E-state index contributed by atoms with van der Waals surface area (Å²) in [7, 11) is 0.